The highest BCUT2D eigenvalue weighted by Crippen LogP contribution is 2.22. The van der Waals surface area contributed by atoms with Crippen LogP contribution < -0.4 is 5.32 Å². The summed E-state index contributed by atoms with van der Waals surface area (Å²) in [5, 5.41) is 4.93. The van der Waals surface area contributed by atoms with Crippen molar-refractivity contribution in [3.8, 4) is 0 Å². The quantitative estimate of drug-likeness (QED) is 0.656. The van der Waals surface area contributed by atoms with Gasteiger partial charge in [-0.2, -0.15) is 0 Å². The SMILES string of the molecule is CN=C(NCCc1c[nH]c2c(C)cccc12)N1CCC(N2CCCC2)C1. The molecule has 0 bridgehead atoms. The van der Waals surface area contributed by atoms with E-state index in [4.69, 9.17) is 0 Å². The number of guanidine groups is 1. The molecular formula is C21H31N5. The Balaban J connectivity index is 1.32. The van der Waals surface area contributed by atoms with Gasteiger partial charge < -0.3 is 15.2 Å². The molecule has 2 saturated heterocycles. The Kier molecular flexibility index (Phi) is 5.16. The average molecular weight is 354 g/mol. The molecule has 0 radical (unpaired) electrons. The maximum Gasteiger partial charge on any atom is 0.193 e. The van der Waals surface area contributed by atoms with Crippen molar-refractivity contribution in [3.63, 3.8) is 0 Å². The van der Waals surface area contributed by atoms with Crippen LogP contribution in [0, 0.1) is 6.92 Å². The van der Waals surface area contributed by atoms with Crippen LogP contribution in [0.3, 0.4) is 0 Å². The van der Waals surface area contributed by atoms with E-state index in [9.17, 15) is 0 Å². The number of benzene rings is 1. The van der Waals surface area contributed by atoms with E-state index in [1.54, 1.807) is 0 Å². The number of aliphatic imine (C=N–C) groups is 1. The van der Waals surface area contributed by atoms with Crippen molar-refractivity contribution < 1.29 is 0 Å². The van der Waals surface area contributed by atoms with Crippen LogP contribution in [0.4, 0.5) is 0 Å². The minimum Gasteiger partial charge on any atom is -0.361 e. The number of rotatable bonds is 4. The smallest absolute Gasteiger partial charge is 0.193 e. The number of nitrogens with zero attached hydrogens (tertiary/aromatic N) is 3. The minimum absolute atomic E-state index is 0.715. The molecule has 2 fully saturated rings. The van der Waals surface area contributed by atoms with E-state index in [0.717, 1.165) is 32.0 Å². The van der Waals surface area contributed by atoms with Crippen LogP contribution in [0.25, 0.3) is 10.9 Å². The van der Waals surface area contributed by atoms with Gasteiger partial charge in [-0.3, -0.25) is 9.89 Å². The molecule has 1 atom stereocenters. The van der Waals surface area contributed by atoms with Crippen LogP contribution in [-0.4, -0.2) is 66.6 Å². The predicted octanol–water partition coefficient (Wildman–Crippen LogP) is 2.76. The lowest BCUT2D eigenvalue weighted by Gasteiger charge is -2.25. The van der Waals surface area contributed by atoms with Crippen molar-refractivity contribution in [1.82, 2.24) is 20.1 Å². The van der Waals surface area contributed by atoms with Gasteiger partial charge in [0, 0.05) is 49.8 Å². The third kappa shape index (κ3) is 3.45. The van der Waals surface area contributed by atoms with Crippen LogP contribution >= 0.6 is 0 Å². The summed E-state index contributed by atoms with van der Waals surface area (Å²) in [6, 6.07) is 7.23. The monoisotopic (exact) mass is 353 g/mol. The first-order valence-electron chi connectivity index (χ1n) is 10.0. The minimum atomic E-state index is 0.715. The van der Waals surface area contributed by atoms with E-state index < -0.39 is 0 Å². The summed E-state index contributed by atoms with van der Waals surface area (Å²) < 4.78 is 0. The highest BCUT2D eigenvalue weighted by atomic mass is 15.3. The standard InChI is InChI=1S/C21H31N5/c1-16-6-5-7-19-17(14-24-20(16)19)8-10-23-21(22-2)26-13-9-18(15-26)25-11-3-4-12-25/h5-7,14,18,24H,3-4,8-13,15H2,1-2H3,(H,22,23). The van der Waals surface area contributed by atoms with Crippen LogP contribution in [-0.2, 0) is 6.42 Å². The number of hydrogen-bond acceptors (Lipinski definition) is 2. The van der Waals surface area contributed by atoms with Gasteiger partial charge in [0.15, 0.2) is 5.96 Å². The topological polar surface area (TPSA) is 46.7 Å². The van der Waals surface area contributed by atoms with Crippen LogP contribution in [0.5, 0.6) is 0 Å². The fourth-order valence-electron chi connectivity index (χ4n) is 4.55. The van der Waals surface area contributed by atoms with E-state index in [1.807, 2.05) is 7.05 Å². The Morgan fingerprint density at radius 1 is 1.27 bits per heavy atom. The van der Waals surface area contributed by atoms with Gasteiger partial charge in [0.2, 0.25) is 0 Å². The molecule has 2 N–H and O–H groups in total. The van der Waals surface area contributed by atoms with Gasteiger partial charge >= 0.3 is 0 Å². The van der Waals surface area contributed by atoms with E-state index >= 15 is 0 Å². The van der Waals surface area contributed by atoms with E-state index in [0.29, 0.717) is 6.04 Å². The Morgan fingerprint density at radius 2 is 2.12 bits per heavy atom. The second-order valence-corrected chi connectivity index (χ2v) is 7.67. The van der Waals surface area contributed by atoms with E-state index in [-0.39, 0.29) is 0 Å². The van der Waals surface area contributed by atoms with Crippen molar-refractivity contribution in [2.75, 3.05) is 39.8 Å². The lowest BCUT2D eigenvalue weighted by atomic mass is 10.1. The zero-order chi connectivity index (χ0) is 17.9. The van der Waals surface area contributed by atoms with Gasteiger partial charge in [-0.1, -0.05) is 18.2 Å². The van der Waals surface area contributed by atoms with Gasteiger partial charge in [-0.15, -0.1) is 0 Å². The Labute approximate surface area is 156 Å². The first kappa shape index (κ1) is 17.4. The van der Waals surface area contributed by atoms with E-state index in [2.05, 4.69) is 56.4 Å². The van der Waals surface area contributed by atoms with Crippen molar-refractivity contribution in [2.24, 2.45) is 4.99 Å². The van der Waals surface area contributed by atoms with Gasteiger partial charge in [0.25, 0.3) is 0 Å². The molecule has 1 aromatic carbocycles. The van der Waals surface area contributed by atoms with Gasteiger partial charge in [0.05, 0.1) is 0 Å². The molecule has 0 saturated carbocycles. The lowest BCUT2D eigenvalue weighted by Crippen LogP contribution is -2.43. The van der Waals surface area contributed by atoms with Crippen LogP contribution in [0.2, 0.25) is 0 Å². The molecule has 2 aromatic rings. The van der Waals surface area contributed by atoms with Crippen molar-refractivity contribution in [2.45, 2.75) is 38.6 Å². The highest BCUT2D eigenvalue weighted by Gasteiger charge is 2.30. The first-order valence-corrected chi connectivity index (χ1v) is 10.0. The van der Waals surface area contributed by atoms with Crippen LogP contribution in [0.15, 0.2) is 29.4 Å². The zero-order valence-corrected chi connectivity index (χ0v) is 16.1. The average Bonchev–Trinajstić information content (AvgIpc) is 3.39. The molecule has 140 valence electrons. The number of nitrogens with one attached hydrogen (secondary N) is 2. The molecule has 0 amide bonds. The van der Waals surface area contributed by atoms with Crippen molar-refractivity contribution in [3.05, 3.63) is 35.5 Å². The molecule has 1 unspecified atom stereocenters. The molecule has 0 aliphatic carbocycles. The summed E-state index contributed by atoms with van der Waals surface area (Å²) in [7, 11) is 1.90. The first-order chi connectivity index (χ1) is 12.8. The molecule has 5 nitrogen and oxygen atoms in total. The van der Waals surface area contributed by atoms with Crippen LogP contribution in [0.1, 0.15) is 30.4 Å². The molecule has 26 heavy (non-hydrogen) atoms. The lowest BCUT2D eigenvalue weighted by molar-refractivity contribution is 0.249. The Bertz CT molecular complexity index is 772. The maximum atomic E-state index is 4.53. The number of aryl methyl sites for hydroxylation is 1. The maximum absolute atomic E-state index is 4.53. The fourth-order valence-corrected chi connectivity index (χ4v) is 4.55. The summed E-state index contributed by atoms with van der Waals surface area (Å²) >= 11 is 0. The second-order valence-electron chi connectivity index (χ2n) is 7.67. The highest BCUT2D eigenvalue weighted by molar-refractivity contribution is 5.86. The Morgan fingerprint density at radius 3 is 2.92 bits per heavy atom. The second kappa shape index (κ2) is 7.70. The van der Waals surface area contributed by atoms with Crippen molar-refractivity contribution in [1.29, 1.82) is 0 Å². The molecule has 5 heteroatoms. The largest absolute Gasteiger partial charge is 0.361 e. The summed E-state index contributed by atoms with van der Waals surface area (Å²) in [4.78, 5) is 13.1. The third-order valence-corrected chi connectivity index (χ3v) is 6.02. The van der Waals surface area contributed by atoms with E-state index in [1.165, 1.54) is 54.4 Å². The number of aromatic amines is 1. The van der Waals surface area contributed by atoms with Gasteiger partial charge in [-0.25, -0.2) is 0 Å². The molecule has 0 spiro atoms. The molecule has 2 aliphatic heterocycles. The Hall–Kier alpha value is -2.01. The number of H-pyrrole nitrogens is 1. The summed E-state index contributed by atoms with van der Waals surface area (Å²) in [6.45, 7) is 7.87. The number of likely N-dealkylation sites (tertiary alicyclic amines) is 2. The van der Waals surface area contributed by atoms with Gasteiger partial charge in [-0.05, 0) is 56.8 Å². The van der Waals surface area contributed by atoms with Gasteiger partial charge in [0.1, 0.15) is 0 Å². The fraction of sp³-hybridized carbons (Fsp3) is 0.571. The number of aromatic nitrogens is 1. The summed E-state index contributed by atoms with van der Waals surface area (Å²) in [5.74, 6) is 1.06. The molecular weight excluding hydrogens is 322 g/mol. The normalized spacial score (nSPS) is 21.8. The third-order valence-electron chi connectivity index (χ3n) is 6.02. The summed E-state index contributed by atoms with van der Waals surface area (Å²) in [6.07, 6.45) is 7.16. The zero-order valence-electron chi connectivity index (χ0n) is 16.1. The summed E-state index contributed by atoms with van der Waals surface area (Å²) in [5.41, 5.74) is 3.95. The predicted molar refractivity (Wildman–Crippen MR) is 109 cm³/mol. The molecule has 2 aliphatic rings. The molecule has 1 aromatic heterocycles. The number of hydrogen-bond donors (Lipinski definition) is 2. The molecule has 4 rings (SSSR count). The number of fused-ring (bicyclic) bond motifs is 1. The van der Waals surface area contributed by atoms with Crippen molar-refractivity contribution >= 4 is 16.9 Å². The number of para-hydroxylation sites is 1. The molecule has 3 heterocycles.